The second-order valence-corrected chi connectivity index (χ2v) is 2.90. The summed E-state index contributed by atoms with van der Waals surface area (Å²) in [5, 5.41) is 1.01. The summed E-state index contributed by atoms with van der Waals surface area (Å²) < 4.78 is 5.15. The fraction of sp³-hybridized carbons (Fsp3) is 0.200. The first-order chi connectivity index (χ1) is 6.31. The zero-order chi connectivity index (χ0) is 9.26. The normalized spacial score (nSPS) is 10.3. The van der Waals surface area contributed by atoms with Gasteiger partial charge in [-0.1, -0.05) is 0 Å². The molecule has 0 aliphatic heterocycles. The molecule has 0 N–H and O–H groups in total. The molecule has 0 fully saturated rings. The van der Waals surface area contributed by atoms with Gasteiger partial charge >= 0.3 is 0 Å². The van der Waals surface area contributed by atoms with Gasteiger partial charge in [0.2, 0.25) is 0 Å². The van der Waals surface area contributed by atoms with Crippen LogP contribution in [0.4, 0.5) is 0 Å². The highest BCUT2D eigenvalue weighted by Gasteiger charge is 2.00. The molecule has 3 heteroatoms. The van der Waals surface area contributed by atoms with Crippen LogP contribution in [0.25, 0.3) is 10.9 Å². The van der Waals surface area contributed by atoms with Gasteiger partial charge < -0.3 is 4.74 Å². The number of methoxy groups -OCH3 is 1. The van der Waals surface area contributed by atoms with Gasteiger partial charge in [0.05, 0.1) is 12.6 Å². The van der Waals surface area contributed by atoms with E-state index in [2.05, 4.69) is 9.97 Å². The lowest BCUT2D eigenvalue weighted by atomic mass is 10.1. The Morgan fingerprint density at radius 1 is 1.31 bits per heavy atom. The highest BCUT2D eigenvalue weighted by Crippen LogP contribution is 2.21. The van der Waals surface area contributed by atoms with E-state index < -0.39 is 0 Å². The third-order valence-electron chi connectivity index (χ3n) is 2.01. The van der Waals surface area contributed by atoms with Crippen LogP contribution in [-0.2, 0) is 0 Å². The van der Waals surface area contributed by atoms with E-state index in [9.17, 15) is 0 Å². The first-order valence-electron chi connectivity index (χ1n) is 4.05. The highest BCUT2D eigenvalue weighted by molar-refractivity contribution is 5.82. The number of ether oxygens (including phenoxy) is 1. The summed E-state index contributed by atoms with van der Waals surface area (Å²) in [4.78, 5) is 8.15. The molecule has 3 nitrogen and oxygen atoms in total. The van der Waals surface area contributed by atoms with E-state index in [1.807, 2.05) is 19.1 Å². The maximum atomic E-state index is 5.15. The van der Waals surface area contributed by atoms with E-state index >= 15 is 0 Å². The lowest BCUT2D eigenvalue weighted by molar-refractivity contribution is 0.415. The summed E-state index contributed by atoms with van der Waals surface area (Å²) >= 11 is 0. The molecule has 13 heavy (non-hydrogen) atoms. The van der Waals surface area contributed by atoms with Crippen molar-refractivity contribution in [3.8, 4) is 5.75 Å². The largest absolute Gasteiger partial charge is 0.497 e. The van der Waals surface area contributed by atoms with Crippen molar-refractivity contribution < 1.29 is 4.74 Å². The first-order valence-corrected chi connectivity index (χ1v) is 4.05. The van der Waals surface area contributed by atoms with Crippen LogP contribution >= 0.6 is 0 Å². The van der Waals surface area contributed by atoms with E-state index in [-0.39, 0.29) is 0 Å². The maximum absolute atomic E-state index is 5.15. The minimum absolute atomic E-state index is 0.847. The molecule has 0 radical (unpaired) electrons. The second kappa shape index (κ2) is 3.01. The van der Waals surface area contributed by atoms with Gasteiger partial charge in [-0.05, 0) is 24.6 Å². The van der Waals surface area contributed by atoms with Gasteiger partial charge in [0.15, 0.2) is 0 Å². The molecule has 0 amide bonds. The van der Waals surface area contributed by atoms with Crippen LogP contribution in [0.15, 0.2) is 24.7 Å². The van der Waals surface area contributed by atoms with Crippen LogP contribution in [0.2, 0.25) is 0 Å². The van der Waals surface area contributed by atoms with Crippen molar-refractivity contribution in [2.24, 2.45) is 0 Å². The first kappa shape index (κ1) is 7.98. The Kier molecular flexibility index (Phi) is 1.85. The molecule has 0 aliphatic carbocycles. The molecule has 2 rings (SSSR count). The number of fused-ring (bicyclic) bond motifs is 1. The van der Waals surface area contributed by atoms with Gasteiger partial charge in [-0.2, -0.15) is 0 Å². The average Bonchev–Trinajstić information content (AvgIpc) is 2.18. The summed E-state index contributed by atoms with van der Waals surface area (Å²) in [5.41, 5.74) is 2.09. The lowest BCUT2D eigenvalue weighted by Gasteiger charge is -2.04. The predicted octanol–water partition coefficient (Wildman–Crippen LogP) is 1.95. The SMILES string of the molecule is COc1cc(C)c2ncncc2c1. The standard InChI is InChI=1S/C10H10N2O/c1-7-3-9(13-2)4-8-5-11-6-12-10(7)8/h3-6H,1-2H3. The van der Waals surface area contributed by atoms with Gasteiger partial charge in [-0.25, -0.2) is 9.97 Å². The summed E-state index contributed by atoms with van der Waals surface area (Å²) in [6.07, 6.45) is 3.35. The van der Waals surface area contributed by atoms with Crippen molar-refractivity contribution in [1.29, 1.82) is 0 Å². The fourth-order valence-electron chi connectivity index (χ4n) is 1.37. The van der Waals surface area contributed by atoms with Crippen molar-refractivity contribution >= 4 is 10.9 Å². The van der Waals surface area contributed by atoms with Gasteiger partial charge in [-0.15, -0.1) is 0 Å². The molecule has 0 saturated heterocycles. The Bertz CT molecular complexity index is 440. The average molecular weight is 174 g/mol. The summed E-state index contributed by atoms with van der Waals surface area (Å²) in [6, 6.07) is 3.90. The fourth-order valence-corrected chi connectivity index (χ4v) is 1.37. The van der Waals surface area contributed by atoms with Gasteiger partial charge in [0.1, 0.15) is 12.1 Å². The lowest BCUT2D eigenvalue weighted by Crippen LogP contribution is -1.88. The Labute approximate surface area is 76.4 Å². The molecule has 0 bridgehead atoms. The Morgan fingerprint density at radius 2 is 2.15 bits per heavy atom. The summed E-state index contributed by atoms with van der Waals surface area (Å²) in [7, 11) is 1.66. The third kappa shape index (κ3) is 1.33. The molecule has 2 aromatic rings. The molecule has 66 valence electrons. The number of rotatable bonds is 1. The van der Waals surface area contributed by atoms with Gasteiger partial charge in [0.25, 0.3) is 0 Å². The zero-order valence-corrected chi connectivity index (χ0v) is 7.61. The smallest absolute Gasteiger partial charge is 0.119 e. The van der Waals surface area contributed by atoms with Crippen LogP contribution in [0, 0.1) is 6.92 Å². The summed E-state index contributed by atoms with van der Waals surface area (Å²) in [6.45, 7) is 2.01. The van der Waals surface area contributed by atoms with Crippen LogP contribution in [-0.4, -0.2) is 17.1 Å². The quantitative estimate of drug-likeness (QED) is 0.662. The monoisotopic (exact) mass is 174 g/mol. The topological polar surface area (TPSA) is 35.0 Å². The zero-order valence-electron chi connectivity index (χ0n) is 7.61. The van der Waals surface area contributed by atoms with Gasteiger partial charge in [0, 0.05) is 11.6 Å². The molecule has 0 aliphatic rings. The molecule has 0 atom stereocenters. The van der Waals surface area contributed by atoms with E-state index in [4.69, 9.17) is 4.74 Å². The molecule has 0 saturated carbocycles. The van der Waals surface area contributed by atoms with Crippen molar-refractivity contribution in [1.82, 2.24) is 9.97 Å². The highest BCUT2D eigenvalue weighted by atomic mass is 16.5. The number of aromatic nitrogens is 2. The van der Waals surface area contributed by atoms with Crippen LogP contribution in [0.5, 0.6) is 5.75 Å². The van der Waals surface area contributed by atoms with E-state index in [1.54, 1.807) is 19.6 Å². The summed E-state index contributed by atoms with van der Waals surface area (Å²) in [5.74, 6) is 0.847. The Balaban J connectivity index is 2.77. The predicted molar refractivity (Wildman–Crippen MR) is 50.8 cm³/mol. The molecule has 0 unspecified atom stereocenters. The number of benzene rings is 1. The minimum Gasteiger partial charge on any atom is -0.497 e. The van der Waals surface area contributed by atoms with Crippen molar-refractivity contribution in [3.63, 3.8) is 0 Å². The number of hydrogen-bond acceptors (Lipinski definition) is 3. The van der Waals surface area contributed by atoms with Crippen LogP contribution in [0.1, 0.15) is 5.56 Å². The van der Waals surface area contributed by atoms with Crippen LogP contribution < -0.4 is 4.74 Å². The molecular formula is C10H10N2O. The van der Waals surface area contributed by atoms with E-state index in [1.165, 1.54) is 0 Å². The number of nitrogens with zero attached hydrogens (tertiary/aromatic N) is 2. The Hall–Kier alpha value is -1.64. The number of hydrogen-bond donors (Lipinski definition) is 0. The van der Waals surface area contributed by atoms with Crippen molar-refractivity contribution in [2.45, 2.75) is 6.92 Å². The minimum atomic E-state index is 0.847. The van der Waals surface area contributed by atoms with Crippen molar-refractivity contribution in [3.05, 3.63) is 30.2 Å². The molecule has 0 spiro atoms. The van der Waals surface area contributed by atoms with E-state index in [0.717, 1.165) is 22.2 Å². The molecule has 1 heterocycles. The van der Waals surface area contributed by atoms with Crippen molar-refractivity contribution in [2.75, 3.05) is 7.11 Å². The maximum Gasteiger partial charge on any atom is 0.119 e. The molecule has 1 aromatic carbocycles. The van der Waals surface area contributed by atoms with E-state index in [0.29, 0.717) is 0 Å². The Morgan fingerprint density at radius 3 is 2.92 bits per heavy atom. The van der Waals surface area contributed by atoms with Gasteiger partial charge in [-0.3, -0.25) is 0 Å². The number of aryl methyl sites for hydroxylation is 1. The molecule has 1 aromatic heterocycles. The van der Waals surface area contributed by atoms with Crippen LogP contribution in [0.3, 0.4) is 0 Å². The second-order valence-electron chi connectivity index (χ2n) is 2.90. The third-order valence-corrected chi connectivity index (χ3v) is 2.01. The molecular weight excluding hydrogens is 164 g/mol.